The Bertz CT molecular complexity index is 797. The Morgan fingerprint density at radius 2 is 1.74 bits per heavy atom. The largest absolute Gasteiger partial charge is 0.263 e. The van der Waals surface area contributed by atoms with Gasteiger partial charge < -0.3 is 0 Å². The summed E-state index contributed by atoms with van der Waals surface area (Å²) in [6.45, 7) is 5.10. The van der Waals surface area contributed by atoms with Crippen molar-refractivity contribution in [2.75, 3.05) is 0 Å². The molecule has 0 saturated carbocycles. The molecule has 0 saturated heterocycles. The standard InChI is InChI=1S/C13H15F3N4O2S/c1-6(2)12(13-17-7(3)18-19-13)20-23(21,22)8-4-9(14)11(16)10(15)5-8/h4-6,12,20H,1-3H3,(H,17,18,19). The summed E-state index contributed by atoms with van der Waals surface area (Å²) in [6.07, 6.45) is 0. The maximum atomic E-state index is 13.3. The zero-order valence-corrected chi connectivity index (χ0v) is 13.4. The van der Waals surface area contributed by atoms with E-state index in [1.165, 1.54) is 0 Å². The summed E-state index contributed by atoms with van der Waals surface area (Å²) in [4.78, 5) is 3.34. The molecule has 6 nitrogen and oxygen atoms in total. The highest BCUT2D eigenvalue weighted by Crippen LogP contribution is 2.23. The van der Waals surface area contributed by atoms with Crippen LogP contribution in [0.25, 0.3) is 0 Å². The Kier molecular flexibility index (Phi) is 4.76. The number of hydrogen-bond donors (Lipinski definition) is 2. The minimum atomic E-state index is -4.30. The molecule has 1 aromatic heterocycles. The maximum Gasteiger partial charge on any atom is 0.241 e. The third-order valence-electron chi connectivity index (χ3n) is 3.11. The highest BCUT2D eigenvalue weighted by atomic mass is 32.2. The molecule has 126 valence electrons. The second-order valence-corrected chi connectivity index (χ2v) is 7.04. The Morgan fingerprint density at radius 1 is 1.17 bits per heavy atom. The molecule has 0 spiro atoms. The van der Waals surface area contributed by atoms with E-state index in [0.29, 0.717) is 18.0 Å². The molecule has 0 aliphatic carbocycles. The van der Waals surface area contributed by atoms with E-state index in [1.807, 2.05) is 0 Å². The molecule has 2 N–H and O–H groups in total. The van der Waals surface area contributed by atoms with Crippen LogP contribution in [0.5, 0.6) is 0 Å². The summed E-state index contributed by atoms with van der Waals surface area (Å²) in [7, 11) is -4.30. The predicted molar refractivity (Wildman–Crippen MR) is 75.3 cm³/mol. The molecule has 2 rings (SSSR count). The van der Waals surface area contributed by atoms with Crippen molar-refractivity contribution in [3.8, 4) is 0 Å². The van der Waals surface area contributed by atoms with Gasteiger partial charge in [0.25, 0.3) is 0 Å². The van der Waals surface area contributed by atoms with Gasteiger partial charge in [-0.3, -0.25) is 5.10 Å². The van der Waals surface area contributed by atoms with Crippen molar-refractivity contribution >= 4 is 10.0 Å². The van der Waals surface area contributed by atoms with Gasteiger partial charge in [-0.25, -0.2) is 31.3 Å². The van der Waals surface area contributed by atoms with Crippen molar-refractivity contribution in [1.82, 2.24) is 19.9 Å². The van der Waals surface area contributed by atoms with Crippen LogP contribution >= 0.6 is 0 Å². The van der Waals surface area contributed by atoms with E-state index in [4.69, 9.17) is 0 Å². The number of aromatic amines is 1. The van der Waals surface area contributed by atoms with Crippen LogP contribution < -0.4 is 4.72 Å². The molecule has 1 atom stereocenters. The molecule has 2 aromatic rings. The molecule has 0 aliphatic heterocycles. The topological polar surface area (TPSA) is 87.7 Å². The second kappa shape index (κ2) is 6.28. The normalized spacial score (nSPS) is 13.5. The van der Waals surface area contributed by atoms with Crippen LogP contribution in [0.1, 0.15) is 31.5 Å². The van der Waals surface area contributed by atoms with Crippen molar-refractivity contribution in [2.45, 2.75) is 31.7 Å². The van der Waals surface area contributed by atoms with Crippen LogP contribution in [-0.2, 0) is 10.0 Å². The first-order valence-electron chi connectivity index (χ1n) is 6.67. The Balaban J connectivity index is 2.39. The zero-order valence-electron chi connectivity index (χ0n) is 12.6. The number of halogens is 3. The Morgan fingerprint density at radius 3 is 2.17 bits per heavy atom. The number of rotatable bonds is 5. The molecule has 0 amide bonds. The van der Waals surface area contributed by atoms with Gasteiger partial charge in [0, 0.05) is 0 Å². The fourth-order valence-electron chi connectivity index (χ4n) is 1.91. The first kappa shape index (κ1) is 17.4. The van der Waals surface area contributed by atoms with Crippen LogP contribution in [0.4, 0.5) is 13.2 Å². The van der Waals surface area contributed by atoms with Crippen LogP contribution in [-0.4, -0.2) is 23.6 Å². The smallest absolute Gasteiger partial charge is 0.241 e. The van der Waals surface area contributed by atoms with Gasteiger partial charge >= 0.3 is 0 Å². The van der Waals surface area contributed by atoms with Crippen molar-refractivity contribution in [3.63, 3.8) is 0 Å². The highest BCUT2D eigenvalue weighted by Gasteiger charge is 2.28. The Labute approximate surface area is 131 Å². The molecule has 1 heterocycles. The summed E-state index contributed by atoms with van der Waals surface area (Å²) in [5, 5.41) is 6.48. The number of hydrogen-bond acceptors (Lipinski definition) is 4. The second-order valence-electron chi connectivity index (χ2n) is 5.32. The van der Waals surface area contributed by atoms with E-state index >= 15 is 0 Å². The summed E-state index contributed by atoms with van der Waals surface area (Å²) >= 11 is 0. The van der Waals surface area contributed by atoms with Crippen LogP contribution in [0.15, 0.2) is 17.0 Å². The average Bonchev–Trinajstić information content (AvgIpc) is 2.87. The van der Waals surface area contributed by atoms with E-state index in [2.05, 4.69) is 19.9 Å². The third kappa shape index (κ3) is 3.70. The molecular formula is C13H15F3N4O2S. The predicted octanol–water partition coefficient (Wildman–Crippen LogP) is 2.21. The average molecular weight is 348 g/mol. The fourth-order valence-corrected chi connectivity index (χ4v) is 3.27. The molecule has 1 unspecified atom stereocenters. The summed E-state index contributed by atoms with van der Waals surface area (Å²) in [6, 6.07) is 0.0176. The maximum absolute atomic E-state index is 13.3. The number of benzene rings is 1. The number of aromatic nitrogens is 3. The van der Waals surface area contributed by atoms with Gasteiger partial charge in [0.2, 0.25) is 10.0 Å². The van der Waals surface area contributed by atoms with Crippen molar-refractivity contribution in [3.05, 3.63) is 41.2 Å². The van der Waals surface area contributed by atoms with Gasteiger partial charge in [-0.15, -0.1) is 0 Å². The van der Waals surface area contributed by atoms with E-state index in [-0.39, 0.29) is 11.7 Å². The van der Waals surface area contributed by atoms with Gasteiger partial charge in [-0.05, 0) is 25.0 Å². The van der Waals surface area contributed by atoms with Crippen LogP contribution in [0.3, 0.4) is 0 Å². The fraction of sp³-hybridized carbons (Fsp3) is 0.385. The van der Waals surface area contributed by atoms with Crippen molar-refractivity contribution in [2.24, 2.45) is 5.92 Å². The van der Waals surface area contributed by atoms with Crippen molar-refractivity contribution < 1.29 is 21.6 Å². The molecule has 1 aromatic carbocycles. The number of nitrogens with one attached hydrogen (secondary N) is 2. The van der Waals surface area contributed by atoms with E-state index in [0.717, 1.165) is 0 Å². The first-order chi connectivity index (χ1) is 10.6. The number of nitrogens with zero attached hydrogens (tertiary/aromatic N) is 2. The Hall–Kier alpha value is -1.94. The number of H-pyrrole nitrogens is 1. The molecule has 0 bridgehead atoms. The SMILES string of the molecule is Cc1nc(C(NS(=O)(=O)c2cc(F)c(F)c(F)c2)C(C)C)n[nH]1. The van der Waals surface area contributed by atoms with Gasteiger partial charge in [0.1, 0.15) is 5.82 Å². The lowest BCUT2D eigenvalue weighted by molar-refractivity contribution is 0.436. The number of aryl methyl sites for hydroxylation is 1. The minimum Gasteiger partial charge on any atom is -0.263 e. The van der Waals surface area contributed by atoms with Crippen molar-refractivity contribution in [1.29, 1.82) is 0 Å². The van der Waals surface area contributed by atoms with E-state index < -0.39 is 38.4 Å². The van der Waals surface area contributed by atoms with Crippen LogP contribution in [0.2, 0.25) is 0 Å². The first-order valence-corrected chi connectivity index (χ1v) is 8.16. The van der Waals surface area contributed by atoms with Gasteiger partial charge in [-0.2, -0.15) is 5.10 Å². The molecular weight excluding hydrogens is 333 g/mol. The third-order valence-corrected chi connectivity index (χ3v) is 4.53. The molecule has 0 fully saturated rings. The van der Waals surface area contributed by atoms with Gasteiger partial charge in [0.05, 0.1) is 10.9 Å². The highest BCUT2D eigenvalue weighted by molar-refractivity contribution is 7.89. The zero-order chi connectivity index (χ0) is 17.4. The quantitative estimate of drug-likeness (QED) is 0.811. The van der Waals surface area contributed by atoms with Gasteiger partial charge in [0.15, 0.2) is 23.3 Å². The molecule has 0 aliphatic rings. The minimum absolute atomic E-state index is 0.198. The number of sulfonamides is 1. The molecule has 0 radical (unpaired) electrons. The summed E-state index contributed by atoms with van der Waals surface area (Å²) in [5.74, 6) is -4.45. The lowest BCUT2D eigenvalue weighted by Gasteiger charge is -2.19. The van der Waals surface area contributed by atoms with E-state index in [1.54, 1.807) is 20.8 Å². The molecule has 23 heavy (non-hydrogen) atoms. The molecule has 10 heteroatoms. The summed E-state index contributed by atoms with van der Waals surface area (Å²) < 4.78 is 66.4. The lowest BCUT2D eigenvalue weighted by Crippen LogP contribution is -2.32. The summed E-state index contributed by atoms with van der Waals surface area (Å²) in [5.41, 5.74) is 0. The monoisotopic (exact) mass is 348 g/mol. The van der Waals surface area contributed by atoms with E-state index in [9.17, 15) is 21.6 Å². The lowest BCUT2D eigenvalue weighted by atomic mass is 10.1. The van der Waals surface area contributed by atoms with Gasteiger partial charge in [-0.1, -0.05) is 13.8 Å². The van der Waals surface area contributed by atoms with Crippen LogP contribution in [0, 0.1) is 30.3 Å².